The summed E-state index contributed by atoms with van der Waals surface area (Å²) in [5.41, 5.74) is 0. The smallest absolute Gasteiger partial charge is 0.323 e. The van der Waals surface area contributed by atoms with E-state index >= 15 is 0 Å². The van der Waals surface area contributed by atoms with E-state index in [2.05, 4.69) is 10.6 Å². The van der Waals surface area contributed by atoms with Crippen molar-refractivity contribution < 1.29 is 19.1 Å². The van der Waals surface area contributed by atoms with Crippen LogP contribution in [-0.2, 0) is 19.1 Å². The van der Waals surface area contributed by atoms with E-state index in [1.165, 1.54) is 0 Å². The molecule has 0 aliphatic rings. The molecule has 0 rings (SSSR count). The lowest BCUT2D eigenvalue weighted by molar-refractivity contribution is -0.146. The standard InChI is InChI=1S/C14H28N2O4/c1-4-19-13(17)9-11-16-10-7-6-8-12(15-3)14(18)20-5-2/h12,15-16H,4-11H2,1-3H3. The molecular weight excluding hydrogens is 260 g/mol. The number of unbranched alkanes of at least 4 members (excludes halogenated alkanes) is 1. The summed E-state index contributed by atoms with van der Waals surface area (Å²) in [6, 6.07) is -0.227. The first-order valence-electron chi connectivity index (χ1n) is 7.35. The third-order valence-corrected chi connectivity index (χ3v) is 2.83. The number of carbonyl (C=O) groups is 2. The van der Waals surface area contributed by atoms with Gasteiger partial charge in [-0.25, -0.2) is 0 Å². The van der Waals surface area contributed by atoms with Crippen LogP contribution in [0, 0.1) is 0 Å². The zero-order chi connectivity index (χ0) is 15.2. The Morgan fingerprint density at radius 2 is 1.75 bits per heavy atom. The molecule has 0 fully saturated rings. The van der Waals surface area contributed by atoms with Crippen LogP contribution in [0.4, 0.5) is 0 Å². The number of rotatable bonds is 12. The van der Waals surface area contributed by atoms with Gasteiger partial charge in [-0.2, -0.15) is 0 Å². The quantitative estimate of drug-likeness (QED) is 0.409. The van der Waals surface area contributed by atoms with Gasteiger partial charge < -0.3 is 20.1 Å². The van der Waals surface area contributed by atoms with Crippen molar-refractivity contribution in [2.75, 3.05) is 33.4 Å². The molecule has 1 unspecified atom stereocenters. The predicted octanol–water partition coefficient (Wildman–Crippen LogP) is 0.851. The first-order valence-corrected chi connectivity index (χ1v) is 7.35. The van der Waals surface area contributed by atoms with Gasteiger partial charge in [-0.15, -0.1) is 0 Å². The summed E-state index contributed by atoms with van der Waals surface area (Å²) >= 11 is 0. The fraction of sp³-hybridized carbons (Fsp3) is 0.857. The Morgan fingerprint density at radius 1 is 1.05 bits per heavy atom. The van der Waals surface area contributed by atoms with Crippen molar-refractivity contribution >= 4 is 11.9 Å². The molecule has 0 saturated carbocycles. The summed E-state index contributed by atoms with van der Waals surface area (Å²) < 4.78 is 9.80. The van der Waals surface area contributed by atoms with Crippen molar-refractivity contribution in [1.29, 1.82) is 0 Å². The normalized spacial score (nSPS) is 11.9. The van der Waals surface area contributed by atoms with E-state index in [1.54, 1.807) is 20.9 Å². The minimum absolute atomic E-state index is 0.169. The van der Waals surface area contributed by atoms with Crippen LogP contribution in [0.2, 0.25) is 0 Å². The van der Waals surface area contributed by atoms with Gasteiger partial charge in [0.1, 0.15) is 6.04 Å². The van der Waals surface area contributed by atoms with Crippen molar-refractivity contribution in [3.8, 4) is 0 Å². The van der Waals surface area contributed by atoms with Gasteiger partial charge in [-0.05, 0) is 40.3 Å². The van der Waals surface area contributed by atoms with Crippen molar-refractivity contribution in [2.24, 2.45) is 0 Å². The van der Waals surface area contributed by atoms with E-state index < -0.39 is 0 Å². The van der Waals surface area contributed by atoms with E-state index in [0.717, 1.165) is 25.8 Å². The first-order chi connectivity index (χ1) is 9.65. The Kier molecular flexibility index (Phi) is 12.1. The Labute approximate surface area is 121 Å². The van der Waals surface area contributed by atoms with Crippen molar-refractivity contribution in [2.45, 2.75) is 45.6 Å². The lowest BCUT2D eigenvalue weighted by Gasteiger charge is -2.14. The molecule has 20 heavy (non-hydrogen) atoms. The van der Waals surface area contributed by atoms with E-state index in [0.29, 0.717) is 26.2 Å². The fourth-order valence-corrected chi connectivity index (χ4v) is 1.77. The van der Waals surface area contributed by atoms with Gasteiger partial charge in [0.05, 0.1) is 19.6 Å². The topological polar surface area (TPSA) is 76.7 Å². The molecule has 0 aromatic heterocycles. The second kappa shape index (κ2) is 12.9. The predicted molar refractivity (Wildman–Crippen MR) is 77.5 cm³/mol. The summed E-state index contributed by atoms with van der Waals surface area (Å²) in [5, 5.41) is 6.14. The Hall–Kier alpha value is -1.14. The maximum Gasteiger partial charge on any atom is 0.323 e. The lowest BCUT2D eigenvalue weighted by Crippen LogP contribution is -2.35. The number of esters is 2. The molecule has 6 heteroatoms. The molecule has 0 aliphatic heterocycles. The highest BCUT2D eigenvalue weighted by molar-refractivity contribution is 5.75. The zero-order valence-electron chi connectivity index (χ0n) is 12.9. The third kappa shape index (κ3) is 9.75. The highest BCUT2D eigenvalue weighted by atomic mass is 16.5. The number of hydrogen-bond donors (Lipinski definition) is 2. The molecule has 2 N–H and O–H groups in total. The van der Waals surface area contributed by atoms with Crippen LogP contribution in [0.1, 0.15) is 39.5 Å². The third-order valence-electron chi connectivity index (χ3n) is 2.83. The largest absolute Gasteiger partial charge is 0.466 e. The van der Waals surface area contributed by atoms with Gasteiger partial charge in [-0.1, -0.05) is 6.42 Å². The Balaban J connectivity index is 3.50. The number of likely N-dealkylation sites (N-methyl/N-ethyl adjacent to an activating group) is 1. The second-order valence-electron chi connectivity index (χ2n) is 4.39. The van der Waals surface area contributed by atoms with Crippen molar-refractivity contribution in [1.82, 2.24) is 10.6 Å². The zero-order valence-corrected chi connectivity index (χ0v) is 12.9. The molecule has 6 nitrogen and oxygen atoms in total. The number of ether oxygens (including phenoxy) is 2. The van der Waals surface area contributed by atoms with Gasteiger partial charge in [0.2, 0.25) is 0 Å². The average molecular weight is 288 g/mol. The molecular formula is C14H28N2O4. The van der Waals surface area contributed by atoms with Crippen LogP contribution in [0.15, 0.2) is 0 Å². The van der Waals surface area contributed by atoms with E-state index in [1.807, 2.05) is 0 Å². The molecule has 0 amide bonds. The summed E-state index contributed by atoms with van der Waals surface area (Å²) in [4.78, 5) is 22.6. The van der Waals surface area contributed by atoms with Crippen LogP contribution < -0.4 is 10.6 Å². The monoisotopic (exact) mass is 288 g/mol. The SMILES string of the molecule is CCOC(=O)CCNCCCCC(NC)C(=O)OCC. The molecule has 0 radical (unpaired) electrons. The van der Waals surface area contributed by atoms with Crippen LogP contribution >= 0.6 is 0 Å². The van der Waals surface area contributed by atoms with Gasteiger partial charge in [0.25, 0.3) is 0 Å². The average Bonchev–Trinajstić information content (AvgIpc) is 2.42. The van der Waals surface area contributed by atoms with Gasteiger partial charge in [-0.3, -0.25) is 9.59 Å². The molecule has 0 aliphatic carbocycles. The molecule has 0 bridgehead atoms. The Morgan fingerprint density at radius 3 is 2.35 bits per heavy atom. The number of carbonyl (C=O) groups excluding carboxylic acids is 2. The van der Waals surface area contributed by atoms with Crippen molar-refractivity contribution in [3.05, 3.63) is 0 Å². The van der Waals surface area contributed by atoms with Crippen LogP contribution in [0.3, 0.4) is 0 Å². The van der Waals surface area contributed by atoms with E-state index in [4.69, 9.17) is 9.47 Å². The molecule has 0 aromatic carbocycles. The van der Waals surface area contributed by atoms with E-state index in [9.17, 15) is 9.59 Å². The highest BCUT2D eigenvalue weighted by Crippen LogP contribution is 2.02. The maximum atomic E-state index is 11.5. The van der Waals surface area contributed by atoms with Crippen LogP contribution in [-0.4, -0.2) is 51.3 Å². The fourth-order valence-electron chi connectivity index (χ4n) is 1.77. The van der Waals surface area contributed by atoms with Crippen LogP contribution in [0.25, 0.3) is 0 Å². The van der Waals surface area contributed by atoms with Gasteiger partial charge >= 0.3 is 11.9 Å². The summed E-state index contributed by atoms with van der Waals surface area (Å²) in [6.45, 7) is 5.90. The first kappa shape index (κ1) is 18.9. The Bertz CT molecular complexity index is 272. The molecule has 0 saturated heterocycles. The van der Waals surface area contributed by atoms with Gasteiger partial charge in [0.15, 0.2) is 0 Å². The molecule has 0 spiro atoms. The second-order valence-corrected chi connectivity index (χ2v) is 4.39. The van der Waals surface area contributed by atoms with Gasteiger partial charge in [0, 0.05) is 6.54 Å². The number of nitrogens with one attached hydrogen (secondary N) is 2. The molecule has 0 aromatic rings. The summed E-state index contributed by atoms with van der Waals surface area (Å²) in [7, 11) is 1.76. The molecule has 0 heterocycles. The maximum absolute atomic E-state index is 11.5. The van der Waals surface area contributed by atoms with Crippen LogP contribution in [0.5, 0.6) is 0 Å². The lowest BCUT2D eigenvalue weighted by atomic mass is 10.1. The highest BCUT2D eigenvalue weighted by Gasteiger charge is 2.16. The molecule has 1 atom stereocenters. The minimum Gasteiger partial charge on any atom is -0.466 e. The number of hydrogen-bond acceptors (Lipinski definition) is 6. The summed E-state index contributed by atoms with van der Waals surface area (Å²) in [5.74, 6) is -0.358. The van der Waals surface area contributed by atoms with Crippen molar-refractivity contribution in [3.63, 3.8) is 0 Å². The minimum atomic E-state index is -0.227. The summed E-state index contributed by atoms with van der Waals surface area (Å²) in [6.07, 6.45) is 3.04. The van der Waals surface area contributed by atoms with E-state index in [-0.39, 0.29) is 18.0 Å². The molecule has 118 valence electrons.